The first-order valence-corrected chi connectivity index (χ1v) is 5.48. The Kier molecular flexibility index (Phi) is 4.79. The summed E-state index contributed by atoms with van der Waals surface area (Å²) in [6.07, 6.45) is 1.08. The highest BCUT2D eigenvalue weighted by molar-refractivity contribution is 5.26. The molecule has 1 atom stereocenters. The van der Waals surface area contributed by atoms with E-state index in [9.17, 15) is 0 Å². The summed E-state index contributed by atoms with van der Waals surface area (Å²) in [7, 11) is 3.76. The van der Waals surface area contributed by atoms with Gasteiger partial charge in [-0.05, 0) is 19.0 Å². The second-order valence-electron chi connectivity index (χ2n) is 3.96. The zero-order valence-corrected chi connectivity index (χ0v) is 9.92. The first-order chi connectivity index (χ1) is 7.29. The molecule has 0 amide bonds. The van der Waals surface area contributed by atoms with Gasteiger partial charge in [-0.25, -0.2) is 0 Å². The van der Waals surface area contributed by atoms with Crippen molar-refractivity contribution in [1.82, 2.24) is 5.32 Å². The van der Waals surface area contributed by atoms with Gasteiger partial charge in [0.2, 0.25) is 0 Å². The molecule has 84 valence electrons. The molecular weight excluding hydrogens is 186 g/mol. The van der Waals surface area contributed by atoms with Gasteiger partial charge in [-0.1, -0.05) is 37.3 Å². The maximum absolute atomic E-state index is 5.37. The van der Waals surface area contributed by atoms with E-state index in [1.807, 2.05) is 7.05 Å². The van der Waals surface area contributed by atoms with Crippen molar-refractivity contribution < 1.29 is 4.74 Å². The third kappa shape index (κ3) is 2.80. The van der Waals surface area contributed by atoms with Crippen LogP contribution in [0, 0.1) is 0 Å². The molecule has 0 bridgehead atoms. The van der Waals surface area contributed by atoms with E-state index in [1.165, 1.54) is 5.56 Å². The minimum absolute atomic E-state index is 0.102. The lowest BCUT2D eigenvalue weighted by atomic mass is 9.78. The van der Waals surface area contributed by atoms with Crippen LogP contribution < -0.4 is 5.32 Å². The monoisotopic (exact) mass is 207 g/mol. The summed E-state index contributed by atoms with van der Waals surface area (Å²) in [5, 5.41) is 3.26. The molecule has 0 aliphatic heterocycles. The van der Waals surface area contributed by atoms with Crippen molar-refractivity contribution in [3.8, 4) is 0 Å². The maximum Gasteiger partial charge on any atom is 0.0571 e. The molecule has 1 aromatic rings. The van der Waals surface area contributed by atoms with Gasteiger partial charge in [0.05, 0.1) is 6.61 Å². The van der Waals surface area contributed by atoms with E-state index < -0.39 is 0 Å². The summed E-state index contributed by atoms with van der Waals surface area (Å²) >= 11 is 0. The molecular formula is C13H21NO. The largest absolute Gasteiger partial charge is 0.384 e. The molecule has 2 heteroatoms. The predicted molar refractivity (Wildman–Crippen MR) is 64.2 cm³/mol. The van der Waals surface area contributed by atoms with Crippen LogP contribution in [0.5, 0.6) is 0 Å². The Morgan fingerprint density at radius 2 is 1.93 bits per heavy atom. The van der Waals surface area contributed by atoms with Crippen molar-refractivity contribution in [2.75, 3.05) is 27.3 Å². The Morgan fingerprint density at radius 3 is 2.40 bits per heavy atom. The Labute approximate surface area is 92.6 Å². The van der Waals surface area contributed by atoms with Crippen LogP contribution in [-0.4, -0.2) is 27.3 Å². The summed E-state index contributed by atoms with van der Waals surface area (Å²) in [4.78, 5) is 0. The van der Waals surface area contributed by atoms with Gasteiger partial charge in [-0.2, -0.15) is 0 Å². The van der Waals surface area contributed by atoms with Gasteiger partial charge >= 0.3 is 0 Å². The average Bonchev–Trinajstić information content (AvgIpc) is 2.30. The van der Waals surface area contributed by atoms with Crippen molar-refractivity contribution in [3.63, 3.8) is 0 Å². The highest BCUT2D eigenvalue weighted by atomic mass is 16.5. The van der Waals surface area contributed by atoms with Crippen LogP contribution in [0.15, 0.2) is 30.3 Å². The van der Waals surface area contributed by atoms with Crippen molar-refractivity contribution >= 4 is 0 Å². The van der Waals surface area contributed by atoms with Crippen molar-refractivity contribution in [2.24, 2.45) is 0 Å². The van der Waals surface area contributed by atoms with Gasteiger partial charge in [0.25, 0.3) is 0 Å². The molecule has 0 spiro atoms. The number of hydrogen-bond acceptors (Lipinski definition) is 2. The Balaban J connectivity index is 2.97. The standard InChI is InChI=1S/C13H21NO/c1-4-13(10-14-2,11-15-3)12-8-6-5-7-9-12/h5-9,14H,4,10-11H2,1-3H3. The fourth-order valence-corrected chi connectivity index (χ4v) is 2.07. The summed E-state index contributed by atoms with van der Waals surface area (Å²) in [5.74, 6) is 0. The Hall–Kier alpha value is -0.860. The van der Waals surface area contributed by atoms with Gasteiger partial charge in [-0.15, -0.1) is 0 Å². The van der Waals surface area contributed by atoms with E-state index in [-0.39, 0.29) is 5.41 Å². The average molecular weight is 207 g/mol. The fraction of sp³-hybridized carbons (Fsp3) is 0.538. The summed E-state index contributed by atoms with van der Waals surface area (Å²) in [6.45, 7) is 3.92. The number of nitrogens with one attached hydrogen (secondary N) is 1. The van der Waals surface area contributed by atoms with E-state index in [1.54, 1.807) is 7.11 Å². The van der Waals surface area contributed by atoms with Gasteiger partial charge < -0.3 is 10.1 Å². The molecule has 2 nitrogen and oxygen atoms in total. The third-order valence-electron chi connectivity index (χ3n) is 3.00. The lowest BCUT2D eigenvalue weighted by Crippen LogP contribution is -2.40. The van der Waals surface area contributed by atoms with Crippen LogP contribution in [0.2, 0.25) is 0 Å². The minimum Gasteiger partial charge on any atom is -0.384 e. The molecule has 1 rings (SSSR count). The van der Waals surface area contributed by atoms with Crippen LogP contribution in [0.4, 0.5) is 0 Å². The molecule has 0 aliphatic rings. The van der Waals surface area contributed by atoms with Crippen LogP contribution in [0.1, 0.15) is 18.9 Å². The zero-order valence-electron chi connectivity index (χ0n) is 9.92. The van der Waals surface area contributed by atoms with Crippen molar-refractivity contribution in [2.45, 2.75) is 18.8 Å². The quantitative estimate of drug-likeness (QED) is 0.772. The second kappa shape index (κ2) is 5.89. The van der Waals surface area contributed by atoms with Gasteiger partial charge in [-0.3, -0.25) is 0 Å². The van der Waals surface area contributed by atoms with Gasteiger partial charge in [0.1, 0.15) is 0 Å². The van der Waals surface area contributed by atoms with E-state index in [0.29, 0.717) is 0 Å². The van der Waals surface area contributed by atoms with Crippen LogP contribution in [0.3, 0.4) is 0 Å². The Bertz CT molecular complexity index is 265. The molecule has 15 heavy (non-hydrogen) atoms. The maximum atomic E-state index is 5.37. The number of rotatable bonds is 6. The van der Waals surface area contributed by atoms with E-state index in [0.717, 1.165) is 19.6 Å². The SMILES string of the molecule is CCC(CNC)(COC)c1ccccc1. The summed E-state index contributed by atoms with van der Waals surface area (Å²) in [5.41, 5.74) is 1.45. The molecule has 0 heterocycles. The molecule has 0 aromatic heterocycles. The molecule has 0 radical (unpaired) electrons. The lowest BCUT2D eigenvalue weighted by Gasteiger charge is -2.32. The molecule has 1 N–H and O–H groups in total. The zero-order chi connectivity index (χ0) is 11.1. The van der Waals surface area contributed by atoms with E-state index in [2.05, 4.69) is 42.6 Å². The minimum atomic E-state index is 0.102. The first-order valence-electron chi connectivity index (χ1n) is 5.48. The highest BCUT2D eigenvalue weighted by Crippen LogP contribution is 2.27. The van der Waals surface area contributed by atoms with Crippen molar-refractivity contribution in [1.29, 1.82) is 0 Å². The van der Waals surface area contributed by atoms with Crippen LogP contribution >= 0.6 is 0 Å². The molecule has 0 saturated carbocycles. The number of methoxy groups -OCH3 is 1. The van der Waals surface area contributed by atoms with Crippen LogP contribution in [0.25, 0.3) is 0 Å². The number of ether oxygens (including phenoxy) is 1. The molecule has 0 saturated heterocycles. The smallest absolute Gasteiger partial charge is 0.0571 e. The predicted octanol–water partition coefficient (Wildman–Crippen LogP) is 2.20. The Morgan fingerprint density at radius 1 is 1.27 bits per heavy atom. The number of hydrogen-bond donors (Lipinski definition) is 1. The second-order valence-corrected chi connectivity index (χ2v) is 3.96. The first kappa shape index (κ1) is 12.2. The number of likely N-dealkylation sites (N-methyl/N-ethyl adjacent to an activating group) is 1. The van der Waals surface area contributed by atoms with E-state index in [4.69, 9.17) is 4.74 Å². The normalized spacial score (nSPS) is 14.9. The summed E-state index contributed by atoms with van der Waals surface area (Å²) < 4.78 is 5.37. The van der Waals surface area contributed by atoms with Gasteiger partial charge in [0, 0.05) is 19.1 Å². The van der Waals surface area contributed by atoms with Crippen molar-refractivity contribution in [3.05, 3.63) is 35.9 Å². The summed E-state index contributed by atoms with van der Waals surface area (Å²) in [6, 6.07) is 10.6. The molecule has 1 aromatic carbocycles. The molecule has 0 fully saturated rings. The van der Waals surface area contributed by atoms with E-state index >= 15 is 0 Å². The highest BCUT2D eigenvalue weighted by Gasteiger charge is 2.29. The number of benzene rings is 1. The third-order valence-corrected chi connectivity index (χ3v) is 3.00. The molecule has 1 unspecified atom stereocenters. The van der Waals surface area contributed by atoms with Gasteiger partial charge in [0.15, 0.2) is 0 Å². The molecule has 0 aliphatic carbocycles. The fourth-order valence-electron chi connectivity index (χ4n) is 2.07. The lowest BCUT2D eigenvalue weighted by molar-refractivity contribution is 0.126. The van der Waals surface area contributed by atoms with Crippen LogP contribution in [-0.2, 0) is 10.2 Å². The topological polar surface area (TPSA) is 21.3 Å².